The molecule has 0 aliphatic carbocycles. The van der Waals surface area contributed by atoms with E-state index in [0.717, 1.165) is 83.5 Å². The molecule has 7 atom stereocenters. The lowest BCUT2D eigenvalue weighted by molar-refractivity contribution is -0.302. The van der Waals surface area contributed by atoms with Gasteiger partial charge in [-0.1, -0.05) is 246 Å². The minimum atomic E-state index is -1.57. The Morgan fingerprint density at radius 2 is 0.873 bits per heavy atom. The second kappa shape index (κ2) is 50.6. The molecule has 9 nitrogen and oxygen atoms in total. The lowest BCUT2D eigenvalue weighted by Gasteiger charge is -2.40. The van der Waals surface area contributed by atoms with Gasteiger partial charge in [0.05, 0.1) is 25.4 Å². The van der Waals surface area contributed by atoms with Crippen molar-refractivity contribution < 1.29 is 39.8 Å². The van der Waals surface area contributed by atoms with Gasteiger partial charge in [-0.25, -0.2) is 0 Å². The molecule has 1 rings (SSSR count). The lowest BCUT2D eigenvalue weighted by atomic mass is 9.99. The molecule has 0 bridgehead atoms. The Kier molecular flexibility index (Phi) is 47.2. The Bertz CT molecular complexity index is 1430. The second-order valence-corrected chi connectivity index (χ2v) is 19.7. The van der Waals surface area contributed by atoms with E-state index in [-0.39, 0.29) is 12.5 Å². The topological polar surface area (TPSA) is 149 Å². The first-order valence-corrected chi connectivity index (χ1v) is 29.0. The van der Waals surface area contributed by atoms with Crippen molar-refractivity contribution >= 4 is 5.91 Å². The highest BCUT2D eigenvalue weighted by Gasteiger charge is 2.44. The molecule has 1 saturated heterocycles. The summed E-state index contributed by atoms with van der Waals surface area (Å²) in [5, 5.41) is 54.2. The first-order chi connectivity index (χ1) is 34.8. The summed E-state index contributed by atoms with van der Waals surface area (Å²) in [5.74, 6) is -0.181. The molecule has 6 N–H and O–H groups in total. The second-order valence-electron chi connectivity index (χ2n) is 19.7. The fourth-order valence-corrected chi connectivity index (χ4v) is 8.61. The molecular formula is C62H107NO8. The van der Waals surface area contributed by atoms with Crippen LogP contribution < -0.4 is 5.32 Å². The van der Waals surface area contributed by atoms with Gasteiger partial charge >= 0.3 is 0 Å². The summed E-state index contributed by atoms with van der Waals surface area (Å²) in [4.78, 5) is 13.0. The molecule has 0 aromatic heterocycles. The highest BCUT2D eigenvalue weighted by atomic mass is 16.7. The number of ether oxygens (including phenoxy) is 2. The summed E-state index contributed by atoms with van der Waals surface area (Å²) in [6.45, 7) is 3.62. The predicted octanol–water partition coefficient (Wildman–Crippen LogP) is 14.4. The number of aliphatic hydroxyl groups is 5. The van der Waals surface area contributed by atoms with Crippen LogP contribution in [0.15, 0.2) is 97.2 Å². The highest BCUT2D eigenvalue weighted by Crippen LogP contribution is 2.23. The molecule has 71 heavy (non-hydrogen) atoms. The highest BCUT2D eigenvalue weighted by molar-refractivity contribution is 5.76. The van der Waals surface area contributed by atoms with E-state index in [0.29, 0.717) is 6.42 Å². The van der Waals surface area contributed by atoms with E-state index >= 15 is 0 Å². The number of nitrogens with one attached hydrogen (secondary N) is 1. The van der Waals surface area contributed by atoms with E-state index in [1.807, 2.05) is 6.08 Å². The quantitative estimate of drug-likeness (QED) is 0.0261. The summed E-state index contributed by atoms with van der Waals surface area (Å²) in [7, 11) is 0. The van der Waals surface area contributed by atoms with E-state index in [2.05, 4.69) is 104 Å². The van der Waals surface area contributed by atoms with E-state index in [1.54, 1.807) is 6.08 Å². The van der Waals surface area contributed by atoms with Crippen LogP contribution in [0, 0.1) is 0 Å². The molecular weight excluding hydrogens is 887 g/mol. The van der Waals surface area contributed by atoms with Crippen LogP contribution in [-0.2, 0) is 14.3 Å². The van der Waals surface area contributed by atoms with Crippen molar-refractivity contribution in [3.05, 3.63) is 97.2 Å². The molecule has 1 aliphatic heterocycles. The van der Waals surface area contributed by atoms with Gasteiger partial charge in [-0.15, -0.1) is 0 Å². The molecule has 9 heteroatoms. The van der Waals surface area contributed by atoms with Crippen LogP contribution in [0.25, 0.3) is 0 Å². The zero-order valence-electron chi connectivity index (χ0n) is 45.2. The SMILES string of the molecule is CC/C=C\C/C=C\C/C=C\C/C=C\C/C=C\C/C=C\C/C=C\CCCCCCCCCCCCCCCCCCCC(=O)NC(COC1OC(CO)C(O)C(O)C1O)C(O)/C=C/CCCCCCCCC. The summed E-state index contributed by atoms with van der Waals surface area (Å²) in [6, 6.07) is -0.806. The standard InChI is InChI=1S/C62H107NO8/c1-3-5-7-9-11-13-14-15-16-17-18-19-20-21-22-23-24-25-26-27-28-29-30-31-32-33-34-35-36-37-38-39-40-41-42-44-46-48-50-52-58(66)63-55(56(65)51-49-47-45-43-12-10-8-6-4-2)54-70-62-61(69)60(68)59(67)57(53-64)71-62/h5,7,11,13,15-16,18-19,21-22,24-25,27-28,49,51,55-57,59-62,64-65,67-69H,3-4,6,8-10,12,14,17,20,23,26,29-48,50,52-54H2,1-2H3,(H,63,66)/b7-5-,13-11-,16-15-,19-18-,22-21-,25-24-,28-27-,51-49+. The summed E-state index contributed by atoms with van der Waals surface area (Å²) < 4.78 is 11.2. The minimum absolute atomic E-state index is 0.181. The van der Waals surface area contributed by atoms with E-state index in [4.69, 9.17) is 9.47 Å². The summed E-state index contributed by atoms with van der Waals surface area (Å²) >= 11 is 0. The van der Waals surface area contributed by atoms with Gasteiger partial charge in [-0.05, 0) is 77.0 Å². The van der Waals surface area contributed by atoms with Crippen molar-refractivity contribution in [3.8, 4) is 0 Å². The molecule has 1 heterocycles. The fraction of sp³-hybridized carbons (Fsp3) is 0.726. The zero-order chi connectivity index (χ0) is 51.5. The Labute approximate surface area is 434 Å². The van der Waals surface area contributed by atoms with E-state index in [9.17, 15) is 30.3 Å². The van der Waals surface area contributed by atoms with Gasteiger partial charge in [0.15, 0.2) is 6.29 Å². The van der Waals surface area contributed by atoms with Gasteiger partial charge in [-0.3, -0.25) is 4.79 Å². The van der Waals surface area contributed by atoms with E-state index in [1.165, 1.54) is 128 Å². The van der Waals surface area contributed by atoms with Gasteiger partial charge in [0, 0.05) is 6.42 Å². The summed E-state index contributed by atoms with van der Waals surface area (Å²) in [5.41, 5.74) is 0. The minimum Gasteiger partial charge on any atom is -0.394 e. The van der Waals surface area contributed by atoms with Crippen LogP contribution in [0.4, 0.5) is 0 Å². The van der Waals surface area contributed by atoms with Crippen molar-refractivity contribution in [1.82, 2.24) is 5.32 Å². The van der Waals surface area contributed by atoms with Crippen LogP contribution in [0.5, 0.6) is 0 Å². The number of amides is 1. The molecule has 0 aromatic carbocycles. The number of hydrogen-bond donors (Lipinski definition) is 6. The van der Waals surface area contributed by atoms with Crippen LogP contribution in [0.3, 0.4) is 0 Å². The third kappa shape index (κ3) is 40.2. The van der Waals surface area contributed by atoms with Crippen LogP contribution in [-0.4, -0.2) is 87.5 Å². The number of aliphatic hydroxyl groups excluding tert-OH is 5. The van der Waals surface area contributed by atoms with Crippen LogP contribution in [0.1, 0.15) is 232 Å². The van der Waals surface area contributed by atoms with Gasteiger partial charge in [0.2, 0.25) is 5.91 Å². The first kappa shape index (κ1) is 66.1. The molecule has 1 amide bonds. The maximum Gasteiger partial charge on any atom is 0.220 e. The molecule has 0 spiro atoms. The van der Waals surface area contributed by atoms with Crippen molar-refractivity contribution in [2.75, 3.05) is 13.2 Å². The molecule has 7 unspecified atom stereocenters. The number of carbonyl (C=O) groups is 1. The smallest absolute Gasteiger partial charge is 0.220 e. The Balaban J connectivity index is 2.05. The fourth-order valence-electron chi connectivity index (χ4n) is 8.61. The van der Waals surface area contributed by atoms with Crippen LogP contribution in [0.2, 0.25) is 0 Å². The monoisotopic (exact) mass is 994 g/mol. The van der Waals surface area contributed by atoms with Crippen molar-refractivity contribution in [3.63, 3.8) is 0 Å². The first-order valence-electron chi connectivity index (χ1n) is 29.0. The molecule has 408 valence electrons. The Hall–Kier alpha value is -2.89. The molecule has 0 aromatic rings. The van der Waals surface area contributed by atoms with Gasteiger partial charge < -0.3 is 40.3 Å². The van der Waals surface area contributed by atoms with Gasteiger partial charge in [0.1, 0.15) is 24.4 Å². The van der Waals surface area contributed by atoms with Crippen molar-refractivity contribution in [2.24, 2.45) is 0 Å². The van der Waals surface area contributed by atoms with Gasteiger partial charge in [-0.2, -0.15) is 0 Å². The maximum absolute atomic E-state index is 13.0. The zero-order valence-corrected chi connectivity index (χ0v) is 45.2. The molecule has 0 radical (unpaired) electrons. The molecule has 1 aliphatic rings. The normalized spacial score (nSPS) is 20.0. The average molecular weight is 995 g/mol. The Morgan fingerprint density at radius 1 is 0.493 bits per heavy atom. The van der Waals surface area contributed by atoms with Gasteiger partial charge in [0.25, 0.3) is 0 Å². The van der Waals surface area contributed by atoms with E-state index < -0.39 is 49.5 Å². The largest absolute Gasteiger partial charge is 0.394 e. The Morgan fingerprint density at radius 3 is 1.30 bits per heavy atom. The molecule has 1 fully saturated rings. The number of unbranched alkanes of at least 4 members (excludes halogenated alkanes) is 24. The predicted molar refractivity (Wildman–Crippen MR) is 299 cm³/mol. The molecule has 0 saturated carbocycles. The maximum atomic E-state index is 13.0. The van der Waals surface area contributed by atoms with Crippen molar-refractivity contribution in [2.45, 2.75) is 275 Å². The third-order valence-electron chi connectivity index (χ3n) is 13.2. The lowest BCUT2D eigenvalue weighted by Crippen LogP contribution is -2.60. The average Bonchev–Trinajstić information content (AvgIpc) is 3.37. The number of hydrogen-bond acceptors (Lipinski definition) is 8. The number of allylic oxidation sites excluding steroid dienone is 15. The number of carbonyl (C=O) groups excluding carboxylic acids is 1. The summed E-state index contributed by atoms with van der Waals surface area (Å²) in [6.07, 6.45) is 66.5. The number of rotatable bonds is 48. The van der Waals surface area contributed by atoms with Crippen molar-refractivity contribution in [1.29, 1.82) is 0 Å². The third-order valence-corrected chi connectivity index (χ3v) is 13.2. The van der Waals surface area contributed by atoms with Crippen LogP contribution >= 0.6 is 0 Å².